The van der Waals surface area contributed by atoms with E-state index in [-0.39, 0.29) is 10.9 Å². The highest BCUT2D eigenvalue weighted by molar-refractivity contribution is 7.98. The number of piperazine rings is 1. The number of thioether (sulfide) groups is 1. The summed E-state index contributed by atoms with van der Waals surface area (Å²) in [4.78, 5) is 5.40. The molecule has 0 amide bonds. The number of halogens is 1. The molecule has 6 nitrogen and oxygen atoms in total. The van der Waals surface area contributed by atoms with Crippen LogP contribution >= 0.6 is 23.4 Å². The Kier molecular flexibility index (Phi) is 5.22. The summed E-state index contributed by atoms with van der Waals surface area (Å²) in [6.45, 7) is 1.53. The van der Waals surface area contributed by atoms with Crippen LogP contribution in [-0.2, 0) is 17.1 Å². The molecule has 1 saturated heterocycles. The molecule has 1 fully saturated rings. The Bertz CT molecular complexity index is 838. The van der Waals surface area contributed by atoms with Crippen LogP contribution in [0.3, 0.4) is 0 Å². The molecule has 0 spiro atoms. The third-order valence-electron chi connectivity index (χ3n) is 4.08. The predicted octanol–water partition coefficient (Wildman–Crippen LogP) is 2.13. The first-order chi connectivity index (χ1) is 11.4. The molecule has 9 heteroatoms. The lowest BCUT2D eigenvalue weighted by atomic mass is 10.2. The van der Waals surface area contributed by atoms with Gasteiger partial charge in [0.25, 0.3) is 0 Å². The number of nitrogens with zero attached hydrogens (tertiary/aromatic N) is 3. The average molecular weight is 387 g/mol. The zero-order chi connectivity index (χ0) is 17.3. The Morgan fingerprint density at radius 3 is 2.83 bits per heavy atom. The second-order valence-corrected chi connectivity index (χ2v) is 8.67. The highest BCUT2D eigenvalue weighted by atomic mass is 35.5. The normalized spacial score (nSPS) is 19.5. The Hall–Kier alpha value is -1.06. The molecular formula is C15H19ClN4O2S2. The van der Waals surface area contributed by atoms with Crippen LogP contribution in [-0.4, -0.2) is 48.2 Å². The van der Waals surface area contributed by atoms with E-state index in [0.717, 1.165) is 10.7 Å². The number of nitrogens with one attached hydrogen (secondary N) is 1. The second-order valence-electron chi connectivity index (χ2n) is 5.53. The number of aromatic nitrogens is 2. The van der Waals surface area contributed by atoms with Crippen molar-refractivity contribution in [2.24, 2.45) is 7.05 Å². The summed E-state index contributed by atoms with van der Waals surface area (Å²) in [7, 11) is -1.79. The van der Waals surface area contributed by atoms with Crippen molar-refractivity contribution in [1.82, 2.24) is 19.2 Å². The van der Waals surface area contributed by atoms with Crippen molar-refractivity contribution in [3.8, 4) is 0 Å². The number of aryl methyl sites for hydroxylation is 1. The van der Waals surface area contributed by atoms with E-state index in [0.29, 0.717) is 24.7 Å². The predicted molar refractivity (Wildman–Crippen MR) is 95.9 cm³/mol. The van der Waals surface area contributed by atoms with Crippen molar-refractivity contribution in [3.05, 3.63) is 41.4 Å². The van der Waals surface area contributed by atoms with E-state index >= 15 is 0 Å². The fraction of sp³-hybridized carbons (Fsp3) is 0.400. The zero-order valence-electron chi connectivity index (χ0n) is 13.4. The quantitative estimate of drug-likeness (QED) is 0.815. The van der Waals surface area contributed by atoms with E-state index in [2.05, 4.69) is 10.3 Å². The van der Waals surface area contributed by atoms with Gasteiger partial charge in [-0.25, -0.2) is 13.4 Å². The molecule has 1 aromatic heterocycles. The van der Waals surface area contributed by atoms with Gasteiger partial charge in [0, 0.05) is 44.0 Å². The first-order valence-corrected chi connectivity index (χ1v) is 10.5. The average Bonchev–Trinajstić information content (AvgIpc) is 3.00. The van der Waals surface area contributed by atoms with E-state index in [4.69, 9.17) is 11.6 Å². The highest BCUT2D eigenvalue weighted by Gasteiger charge is 2.36. The third kappa shape index (κ3) is 3.21. The van der Waals surface area contributed by atoms with Crippen molar-refractivity contribution < 1.29 is 8.42 Å². The Morgan fingerprint density at radius 1 is 1.42 bits per heavy atom. The molecule has 2 heterocycles. The van der Waals surface area contributed by atoms with Crippen LogP contribution in [0.25, 0.3) is 0 Å². The van der Waals surface area contributed by atoms with E-state index < -0.39 is 10.0 Å². The van der Waals surface area contributed by atoms with Crippen molar-refractivity contribution in [2.75, 3.05) is 25.9 Å². The molecule has 1 N–H and O–H groups in total. The molecule has 0 aliphatic carbocycles. The van der Waals surface area contributed by atoms with Crippen molar-refractivity contribution >= 4 is 33.4 Å². The van der Waals surface area contributed by atoms with Crippen LogP contribution in [0.5, 0.6) is 0 Å². The summed E-state index contributed by atoms with van der Waals surface area (Å²) in [5.74, 6) is 0.720. The van der Waals surface area contributed by atoms with Gasteiger partial charge < -0.3 is 9.88 Å². The Balaban J connectivity index is 2.00. The first-order valence-electron chi connectivity index (χ1n) is 7.48. The van der Waals surface area contributed by atoms with Gasteiger partial charge in [-0.15, -0.1) is 11.8 Å². The lowest BCUT2D eigenvalue weighted by molar-refractivity contribution is 0.258. The maximum Gasteiger partial charge on any atom is 0.243 e. The number of hydrogen-bond donors (Lipinski definition) is 1. The molecule has 1 atom stereocenters. The van der Waals surface area contributed by atoms with Gasteiger partial charge in [-0.1, -0.05) is 11.6 Å². The fourth-order valence-corrected chi connectivity index (χ4v) is 5.38. The van der Waals surface area contributed by atoms with Gasteiger partial charge in [-0.2, -0.15) is 4.31 Å². The van der Waals surface area contributed by atoms with Crippen LogP contribution in [0.4, 0.5) is 0 Å². The van der Waals surface area contributed by atoms with Crippen LogP contribution in [0.1, 0.15) is 11.9 Å². The van der Waals surface area contributed by atoms with Gasteiger partial charge >= 0.3 is 0 Å². The molecule has 1 aliphatic heterocycles. The molecule has 0 saturated carbocycles. The molecule has 2 aromatic rings. The van der Waals surface area contributed by atoms with Crippen LogP contribution in [0.15, 0.2) is 40.4 Å². The number of rotatable bonds is 4. The minimum atomic E-state index is -3.66. The Labute approximate surface area is 151 Å². The molecular weight excluding hydrogens is 368 g/mol. The maximum atomic E-state index is 13.2. The lowest BCUT2D eigenvalue weighted by Crippen LogP contribution is -2.49. The Morgan fingerprint density at radius 2 is 2.21 bits per heavy atom. The highest BCUT2D eigenvalue weighted by Crippen LogP contribution is 2.32. The molecule has 3 rings (SSSR count). The van der Waals surface area contributed by atoms with E-state index in [1.54, 1.807) is 18.3 Å². The number of hydrogen-bond acceptors (Lipinski definition) is 5. The van der Waals surface area contributed by atoms with Crippen LogP contribution < -0.4 is 5.32 Å². The smallest absolute Gasteiger partial charge is 0.243 e. The van der Waals surface area contributed by atoms with E-state index in [1.165, 1.54) is 22.1 Å². The molecule has 1 aliphatic rings. The van der Waals surface area contributed by atoms with E-state index in [9.17, 15) is 8.42 Å². The standard InChI is InChI=1S/C15H19ClN4O2S2/c1-19-7-6-18-15(19)13-10-17-5-8-20(13)24(21,22)11-3-4-14(23-2)12(16)9-11/h3-4,6-7,9,13,17H,5,8,10H2,1-2H3. The van der Waals surface area contributed by atoms with Crippen LogP contribution in [0.2, 0.25) is 5.02 Å². The summed E-state index contributed by atoms with van der Waals surface area (Å²) in [6.07, 6.45) is 5.40. The van der Waals surface area contributed by atoms with Crippen LogP contribution in [0, 0.1) is 0 Å². The van der Waals surface area contributed by atoms with Gasteiger partial charge in [0.05, 0.1) is 16.0 Å². The maximum absolute atomic E-state index is 13.2. The topological polar surface area (TPSA) is 67.2 Å². The summed E-state index contributed by atoms with van der Waals surface area (Å²) in [5.41, 5.74) is 0. The molecule has 1 aromatic carbocycles. The van der Waals surface area contributed by atoms with Gasteiger partial charge in [-0.3, -0.25) is 0 Å². The summed E-state index contributed by atoms with van der Waals surface area (Å²) in [6, 6.07) is 4.55. The first kappa shape index (κ1) is 17.8. The molecule has 24 heavy (non-hydrogen) atoms. The summed E-state index contributed by atoms with van der Waals surface area (Å²) in [5, 5.41) is 3.70. The molecule has 0 bridgehead atoms. The largest absolute Gasteiger partial charge is 0.337 e. The lowest BCUT2D eigenvalue weighted by Gasteiger charge is -2.34. The van der Waals surface area contributed by atoms with Gasteiger partial charge in [-0.05, 0) is 24.5 Å². The molecule has 0 radical (unpaired) electrons. The third-order valence-corrected chi connectivity index (χ3v) is 7.21. The van der Waals surface area contributed by atoms with Crippen molar-refractivity contribution in [2.45, 2.75) is 15.8 Å². The minimum Gasteiger partial charge on any atom is -0.337 e. The van der Waals surface area contributed by atoms with Gasteiger partial charge in [0.1, 0.15) is 5.82 Å². The SMILES string of the molecule is CSc1ccc(S(=O)(=O)N2CCNCC2c2nccn2C)cc1Cl. The summed E-state index contributed by atoms with van der Waals surface area (Å²) < 4.78 is 29.7. The monoisotopic (exact) mass is 386 g/mol. The molecule has 130 valence electrons. The number of imidazole rings is 1. The zero-order valence-corrected chi connectivity index (χ0v) is 15.8. The number of benzene rings is 1. The minimum absolute atomic E-state index is 0.214. The summed E-state index contributed by atoms with van der Waals surface area (Å²) >= 11 is 7.69. The fourth-order valence-electron chi connectivity index (χ4n) is 2.83. The van der Waals surface area contributed by atoms with Crippen molar-refractivity contribution in [1.29, 1.82) is 0 Å². The van der Waals surface area contributed by atoms with Gasteiger partial charge in [0.15, 0.2) is 0 Å². The molecule has 1 unspecified atom stereocenters. The number of sulfonamides is 1. The van der Waals surface area contributed by atoms with Crippen molar-refractivity contribution in [3.63, 3.8) is 0 Å². The second kappa shape index (κ2) is 7.05. The van der Waals surface area contributed by atoms with Gasteiger partial charge in [0.2, 0.25) is 10.0 Å². The van der Waals surface area contributed by atoms with E-state index in [1.807, 2.05) is 24.1 Å².